The molecule has 7 heteroatoms. The van der Waals surface area contributed by atoms with Gasteiger partial charge in [-0.2, -0.15) is 10.1 Å². The van der Waals surface area contributed by atoms with E-state index in [1.807, 2.05) is 12.4 Å². The predicted octanol–water partition coefficient (Wildman–Crippen LogP) is 4.67. The zero-order valence-electron chi connectivity index (χ0n) is 18.1. The Hall–Kier alpha value is -2.67. The summed E-state index contributed by atoms with van der Waals surface area (Å²) >= 11 is 0. The number of anilines is 3. The number of nitrogens with one attached hydrogen (secondary N) is 1. The van der Waals surface area contributed by atoms with Crippen molar-refractivity contribution >= 4 is 28.4 Å². The van der Waals surface area contributed by atoms with Crippen LogP contribution in [0.15, 0.2) is 36.7 Å². The van der Waals surface area contributed by atoms with Gasteiger partial charge in [0, 0.05) is 37.3 Å². The monoisotopic (exact) mass is 420 g/mol. The van der Waals surface area contributed by atoms with Crippen LogP contribution in [0.5, 0.6) is 0 Å². The average Bonchev–Trinajstić information content (AvgIpc) is 3.48. The van der Waals surface area contributed by atoms with E-state index in [0.717, 1.165) is 48.6 Å². The standard InChI is InChI=1S/C24H32N6O/c31-15-3-4-18-11-13-29(14-12-18)21-9-7-20(8-10-21)27-24-25-16-19-17-26-30(23(19)28-24)22-5-1-2-6-22/h7-10,16-18,22,31H,1-6,11-15H2,(H,25,27,28). The van der Waals surface area contributed by atoms with Crippen LogP contribution in [0.25, 0.3) is 11.0 Å². The predicted molar refractivity (Wildman–Crippen MR) is 124 cm³/mol. The third-order valence-electron chi connectivity index (χ3n) is 6.88. The Morgan fingerprint density at radius 1 is 1.00 bits per heavy atom. The van der Waals surface area contributed by atoms with Gasteiger partial charge in [0.2, 0.25) is 5.95 Å². The molecule has 1 saturated carbocycles. The number of hydrogen-bond acceptors (Lipinski definition) is 6. The van der Waals surface area contributed by atoms with E-state index in [0.29, 0.717) is 18.6 Å². The quantitative estimate of drug-likeness (QED) is 0.578. The highest BCUT2D eigenvalue weighted by molar-refractivity contribution is 5.75. The second-order valence-corrected chi connectivity index (χ2v) is 8.97. The molecule has 0 radical (unpaired) electrons. The lowest BCUT2D eigenvalue weighted by Crippen LogP contribution is -2.33. The lowest BCUT2D eigenvalue weighted by atomic mass is 9.92. The Balaban J connectivity index is 1.24. The molecule has 3 aromatic rings. The van der Waals surface area contributed by atoms with Gasteiger partial charge in [0.1, 0.15) is 0 Å². The Bertz CT molecular complexity index is 987. The highest BCUT2D eigenvalue weighted by Gasteiger charge is 2.21. The molecule has 1 aliphatic heterocycles. The van der Waals surface area contributed by atoms with Crippen molar-refractivity contribution in [1.82, 2.24) is 19.7 Å². The molecule has 31 heavy (non-hydrogen) atoms. The molecular formula is C24H32N6O. The van der Waals surface area contributed by atoms with Gasteiger partial charge in [-0.25, -0.2) is 9.67 Å². The van der Waals surface area contributed by atoms with Gasteiger partial charge in [-0.05, 0) is 68.7 Å². The van der Waals surface area contributed by atoms with Crippen molar-refractivity contribution in [2.45, 2.75) is 57.4 Å². The first-order valence-electron chi connectivity index (χ1n) is 11.7. The Kier molecular flexibility index (Phi) is 6.02. The second kappa shape index (κ2) is 9.22. The van der Waals surface area contributed by atoms with E-state index in [9.17, 15) is 0 Å². The summed E-state index contributed by atoms with van der Waals surface area (Å²) in [6.07, 6.45) is 13.2. The van der Waals surface area contributed by atoms with Gasteiger partial charge in [0.25, 0.3) is 0 Å². The van der Waals surface area contributed by atoms with Crippen molar-refractivity contribution in [2.75, 3.05) is 29.9 Å². The Labute approximate surface area is 183 Å². The maximum atomic E-state index is 9.03. The van der Waals surface area contributed by atoms with Crippen LogP contribution in [-0.4, -0.2) is 44.6 Å². The normalized spacial score (nSPS) is 18.2. The van der Waals surface area contributed by atoms with Gasteiger partial charge in [0.05, 0.1) is 17.6 Å². The molecule has 0 unspecified atom stereocenters. The van der Waals surface area contributed by atoms with E-state index in [1.54, 1.807) is 0 Å². The van der Waals surface area contributed by atoms with Gasteiger partial charge in [-0.3, -0.25) is 0 Å². The van der Waals surface area contributed by atoms with Gasteiger partial charge >= 0.3 is 0 Å². The minimum atomic E-state index is 0.314. The zero-order chi connectivity index (χ0) is 21.0. The highest BCUT2D eigenvalue weighted by Crippen LogP contribution is 2.31. The van der Waals surface area contributed by atoms with E-state index in [2.05, 4.69) is 49.2 Å². The molecule has 164 valence electrons. The SMILES string of the molecule is OCCCC1CCN(c2ccc(Nc3ncc4cnn(C5CCCC5)c4n3)cc2)CC1. The van der Waals surface area contributed by atoms with E-state index < -0.39 is 0 Å². The summed E-state index contributed by atoms with van der Waals surface area (Å²) in [6, 6.07) is 9.03. The van der Waals surface area contributed by atoms with E-state index in [4.69, 9.17) is 10.1 Å². The van der Waals surface area contributed by atoms with Gasteiger partial charge < -0.3 is 15.3 Å². The van der Waals surface area contributed by atoms with Crippen LogP contribution in [0.2, 0.25) is 0 Å². The first-order chi connectivity index (χ1) is 15.3. The molecule has 0 atom stereocenters. The summed E-state index contributed by atoms with van der Waals surface area (Å²) in [7, 11) is 0. The van der Waals surface area contributed by atoms with Crippen LogP contribution < -0.4 is 10.2 Å². The molecule has 3 heterocycles. The maximum absolute atomic E-state index is 9.03. The zero-order valence-corrected chi connectivity index (χ0v) is 18.1. The Morgan fingerprint density at radius 3 is 2.52 bits per heavy atom. The number of aromatic nitrogens is 4. The van der Waals surface area contributed by atoms with E-state index in [1.165, 1.54) is 44.2 Å². The largest absolute Gasteiger partial charge is 0.396 e. The number of benzene rings is 1. The molecule has 5 rings (SSSR count). The fourth-order valence-electron chi connectivity index (χ4n) is 5.06. The van der Waals surface area contributed by atoms with Crippen LogP contribution in [0.4, 0.5) is 17.3 Å². The molecule has 1 saturated heterocycles. The number of nitrogens with zero attached hydrogens (tertiary/aromatic N) is 5. The number of aliphatic hydroxyl groups excluding tert-OH is 1. The maximum Gasteiger partial charge on any atom is 0.229 e. The van der Waals surface area contributed by atoms with Crippen molar-refractivity contribution in [3.8, 4) is 0 Å². The van der Waals surface area contributed by atoms with Crippen LogP contribution in [-0.2, 0) is 0 Å². The lowest BCUT2D eigenvalue weighted by molar-refractivity contribution is 0.261. The van der Waals surface area contributed by atoms with Crippen LogP contribution in [0.3, 0.4) is 0 Å². The fraction of sp³-hybridized carbons (Fsp3) is 0.542. The smallest absolute Gasteiger partial charge is 0.229 e. The molecule has 0 amide bonds. The molecule has 1 aliphatic carbocycles. The van der Waals surface area contributed by atoms with Gasteiger partial charge in [-0.1, -0.05) is 12.8 Å². The third-order valence-corrected chi connectivity index (χ3v) is 6.88. The van der Waals surface area contributed by atoms with Gasteiger partial charge in [-0.15, -0.1) is 0 Å². The molecular weight excluding hydrogens is 388 g/mol. The molecule has 2 fully saturated rings. The van der Waals surface area contributed by atoms with Crippen molar-refractivity contribution in [2.24, 2.45) is 5.92 Å². The molecule has 1 aromatic carbocycles. The topological polar surface area (TPSA) is 79.1 Å². The summed E-state index contributed by atoms with van der Waals surface area (Å²) in [5.74, 6) is 1.37. The lowest BCUT2D eigenvalue weighted by Gasteiger charge is -2.33. The van der Waals surface area contributed by atoms with E-state index >= 15 is 0 Å². The minimum absolute atomic E-state index is 0.314. The number of hydrogen-bond donors (Lipinski definition) is 2. The Morgan fingerprint density at radius 2 is 1.77 bits per heavy atom. The van der Waals surface area contributed by atoms with Crippen molar-refractivity contribution in [3.63, 3.8) is 0 Å². The van der Waals surface area contributed by atoms with Crippen LogP contribution in [0.1, 0.15) is 57.4 Å². The molecule has 0 bridgehead atoms. The number of piperidine rings is 1. The van der Waals surface area contributed by atoms with Gasteiger partial charge in [0.15, 0.2) is 5.65 Å². The molecule has 0 spiro atoms. The highest BCUT2D eigenvalue weighted by atomic mass is 16.2. The fourth-order valence-corrected chi connectivity index (χ4v) is 5.06. The second-order valence-electron chi connectivity index (χ2n) is 8.97. The summed E-state index contributed by atoms with van der Waals surface area (Å²) < 4.78 is 2.09. The number of rotatable bonds is 7. The summed E-state index contributed by atoms with van der Waals surface area (Å²) in [5, 5.41) is 18.0. The first kappa shape index (κ1) is 20.2. The summed E-state index contributed by atoms with van der Waals surface area (Å²) in [6.45, 7) is 2.50. The summed E-state index contributed by atoms with van der Waals surface area (Å²) in [5.41, 5.74) is 3.18. The molecule has 2 aliphatic rings. The van der Waals surface area contributed by atoms with E-state index in [-0.39, 0.29) is 0 Å². The molecule has 2 aromatic heterocycles. The van der Waals surface area contributed by atoms with Crippen molar-refractivity contribution in [3.05, 3.63) is 36.7 Å². The minimum Gasteiger partial charge on any atom is -0.396 e. The molecule has 7 nitrogen and oxygen atoms in total. The third kappa shape index (κ3) is 4.51. The average molecular weight is 421 g/mol. The first-order valence-corrected chi connectivity index (χ1v) is 11.7. The summed E-state index contributed by atoms with van der Waals surface area (Å²) in [4.78, 5) is 11.7. The van der Waals surface area contributed by atoms with Crippen molar-refractivity contribution in [1.29, 1.82) is 0 Å². The van der Waals surface area contributed by atoms with Crippen LogP contribution in [0, 0.1) is 5.92 Å². The van der Waals surface area contributed by atoms with Crippen LogP contribution >= 0.6 is 0 Å². The number of fused-ring (bicyclic) bond motifs is 1. The number of aliphatic hydroxyl groups is 1. The molecule has 2 N–H and O–H groups in total. The van der Waals surface area contributed by atoms with Crippen molar-refractivity contribution < 1.29 is 5.11 Å².